The molecule has 160 valence electrons. The van der Waals surface area contributed by atoms with Gasteiger partial charge in [-0.25, -0.2) is 9.59 Å². The van der Waals surface area contributed by atoms with Gasteiger partial charge in [0.1, 0.15) is 18.7 Å². The van der Waals surface area contributed by atoms with Crippen molar-refractivity contribution in [3.8, 4) is 0 Å². The number of carboxylic acid groups (broad SMARTS) is 1. The van der Waals surface area contributed by atoms with Gasteiger partial charge < -0.3 is 20.5 Å². The molecule has 0 radical (unpaired) electrons. The summed E-state index contributed by atoms with van der Waals surface area (Å²) in [5.41, 5.74) is 1.48. The van der Waals surface area contributed by atoms with Crippen LogP contribution in [0.4, 0.5) is 4.79 Å². The third-order valence-electron chi connectivity index (χ3n) is 4.38. The Hall–Kier alpha value is -3.06. The molecule has 0 saturated carbocycles. The Morgan fingerprint density at radius 2 is 1.67 bits per heavy atom. The quantitative estimate of drug-likeness (QED) is 0.563. The molecule has 0 saturated heterocycles. The molecular weight excluding hydrogens is 408 g/mol. The monoisotopic (exact) mass is 432 g/mol. The predicted molar refractivity (Wildman–Crippen MR) is 113 cm³/mol. The Morgan fingerprint density at radius 3 is 2.27 bits per heavy atom. The zero-order valence-corrected chi connectivity index (χ0v) is 17.6. The highest BCUT2D eigenvalue weighted by Crippen LogP contribution is 2.13. The maximum atomic E-state index is 12.7. The van der Waals surface area contributed by atoms with Crippen molar-refractivity contribution in [3.05, 3.63) is 70.7 Å². The number of halogens is 1. The van der Waals surface area contributed by atoms with Crippen LogP contribution in [0.3, 0.4) is 0 Å². The van der Waals surface area contributed by atoms with Crippen LogP contribution in [0.1, 0.15) is 25.0 Å². The molecule has 0 bridgehead atoms. The third-order valence-corrected chi connectivity index (χ3v) is 4.61. The summed E-state index contributed by atoms with van der Waals surface area (Å²) in [7, 11) is 0. The second-order valence-electron chi connectivity index (χ2n) is 7.16. The summed E-state index contributed by atoms with van der Waals surface area (Å²) in [5, 5.41) is 15.0. The molecule has 7 nitrogen and oxygen atoms in total. The van der Waals surface area contributed by atoms with Gasteiger partial charge in [0, 0.05) is 11.4 Å². The SMILES string of the molecule is CC(C)[C@H](NC(=O)OCc1ccccc1)C(=O)N[C@H](Cc1cccc(Cl)c1)C(=O)O. The Labute approximate surface area is 180 Å². The minimum absolute atomic E-state index is 0.0604. The van der Waals surface area contributed by atoms with Crippen molar-refractivity contribution in [2.75, 3.05) is 0 Å². The average molecular weight is 433 g/mol. The molecule has 2 atom stereocenters. The van der Waals surface area contributed by atoms with Crippen LogP contribution >= 0.6 is 11.6 Å². The molecule has 2 aromatic carbocycles. The van der Waals surface area contributed by atoms with Crippen LogP contribution in [0.5, 0.6) is 0 Å². The summed E-state index contributed by atoms with van der Waals surface area (Å²) in [6, 6.07) is 13.8. The van der Waals surface area contributed by atoms with Gasteiger partial charge in [-0.15, -0.1) is 0 Å². The first kappa shape index (κ1) is 23.2. The molecule has 0 aliphatic heterocycles. The summed E-state index contributed by atoms with van der Waals surface area (Å²) in [5.74, 6) is -2.07. The van der Waals surface area contributed by atoms with Gasteiger partial charge in [0.2, 0.25) is 5.91 Å². The maximum Gasteiger partial charge on any atom is 0.408 e. The normalized spacial score (nSPS) is 12.7. The smallest absolute Gasteiger partial charge is 0.408 e. The van der Waals surface area contributed by atoms with Crippen molar-refractivity contribution in [3.63, 3.8) is 0 Å². The number of carbonyl (C=O) groups excluding carboxylic acids is 2. The van der Waals surface area contributed by atoms with E-state index in [0.717, 1.165) is 5.56 Å². The highest BCUT2D eigenvalue weighted by molar-refractivity contribution is 6.30. The summed E-state index contributed by atoms with van der Waals surface area (Å²) in [4.78, 5) is 36.5. The maximum absolute atomic E-state index is 12.7. The first-order chi connectivity index (χ1) is 14.3. The first-order valence-corrected chi connectivity index (χ1v) is 9.89. The fourth-order valence-corrected chi connectivity index (χ4v) is 3.00. The lowest BCUT2D eigenvalue weighted by molar-refractivity contribution is -0.142. The van der Waals surface area contributed by atoms with E-state index in [1.54, 1.807) is 38.1 Å². The first-order valence-electron chi connectivity index (χ1n) is 9.51. The largest absolute Gasteiger partial charge is 0.480 e. The average Bonchev–Trinajstić information content (AvgIpc) is 2.70. The molecule has 30 heavy (non-hydrogen) atoms. The summed E-state index contributed by atoms with van der Waals surface area (Å²) in [6.07, 6.45) is -0.695. The minimum Gasteiger partial charge on any atom is -0.480 e. The fourth-order valence-electron chi connectivity index (χ4n) is 2.79. The lowest BCUT2D eigenvalue weighted by atomic mass is 10.0. The highest BCUT2D eigenvalue weighted by Gasteiger charge is 2.29. The van der Waals surface area contributed by atoms with Gasteiger partial charge in [-0.3, -0.25) is 4.79 Å². The van der Waals surface area contributed by atoms with Gasteiger partial charge in [-0.2, -0.15) is 0 Å². The second-order valence-corrected chi connectivity index (χ2v) is 7.60. The Bertz CT molecular complexity index is 873. The number of hydrogen-bond acceptors (Lipinski definition) is 4. The number of hydrogen-bond donors (Lipinski definition) is 3. The van der Waals surface area contributed by atoms with Gasteiger partial charge in [0.05, 0.1) is 0 Å². The predicted octanol–water partition coefficient (Wildman–Crippen LogP) is 3.40. The van der Waals surface area contributed by atoms with E-state index in [1.807, 2.05) is 30.3 Å². The van der Waals surface area contributed by atoms with Crippen LogP contribution in [-0.4, -0.2) is 35.2 Å². The Kier molecular flexibility index (Phi) is 8.68. The van der Waals surface area contributed by atoms with Crippen LogP contribution in [0.25, 0.3) is 0 Å². The van der Waals surface area contributed by atoms with E-state index in [2.05, 4.69) is 10.6 Å². The lowest BCUT2D eigenvalue weighted by Crippen LogP contribution is -2.54. The molecule has 3 N–H and O–H groups in total. The zero-order valence-electron chi connectivity index (χ0n) is 16.8. The number of carboxylic acids is 1. The molecule has 0 unspecified atom stereocenters. The lowest BCUT2D eigenvalue weighted by Gasteiger charge is -2.24. The third kappa shape index (κ3) is 7.40. The number of carbonyl (C=O) groups is 3. The molecule has 2 aromatic rings. The Morgan fingerprint density at radius 1 is 1.00 bits per heavy atom. The molecule has 0 aliphatic rings. The van der Waals surface area contributed by atoms with E-state index in [4.69, 9.17) is 16.3 Å². The molecule has 0 heterocycles. The number of rotatable bonds is 9. The van der Waals surface area contributed by atoms with Gasteiger partial charge in [-0.05, 0) is 29.2 Å². The molecular formula is C22H25ClN2O5. The molecule has 0 spiro atoms. The van der Waals surface area contributed by atoms with Gasteiger partial charge in [0.25, 0.3) is 0 Å². The minimum atomic E-state index is -1.18. The van der Waals surface area contributed by atoms with E-state index in [0.29, 0.717) is 10.6 Å². The van der Waals surface area contributed by atoms with Crippen molar-refractivity contribution < 1.29 is 24.2 Å². The van der Waals surface area contributed by atoms with Crippen LogP contribution in [0.2, 0.25) is 5.02 Å². The van der Waals surface area contributed by atoms with E-state index in [1.165, 1.54) is 0 Å². The van der Waals surface area contributed by atoms with Gasteiger partial charge in [0.15, 0.2) is 0 Å². The number of alkyl carbamates (subject to hydrolysis) is 1. The number of amides is 2. The number of aliphatic carboxylic acids is 1. The fraction of sp³-hybridized carbons (Fsp3) is 0.318. The van der Waals surface area contributed by atoms with E-state index in [-0.39, 0.29) is 18.9 Å². The van der Waals surface area contributed by atoms with Crippen molar-refractivity contribution in [2.45, 2.75) is 39.0 Å². The molecule has 2 amide bonds. The summed E-state index contributed by atoms with van der Waals surface area (Å²) >= 11 is 5.94. The molecule has 0 aromatic heterocycles. The molecule has 2 rings (SSSR count). The number of ether oxygens (including phenoxy) is 1. The standard InChI is InChI=1S/C22H25ClN2O5/c1-14(2)19(25-22(29)30-13-15-7-4-3-5-8-15)20(26)24-18(21(27)28)12-16-9-6-10-17(23)11-16/h3-11,14,18-19H,12-13H2,1-2H3,(H,24,26)(H,25,29)(H,27,28)/t18-,19+/m1/s1. The Balaban J connectivity index is 1.98. The van der Waals surface area contributed by atoms with Crippen LogP contribution < -0.4 is 10.6 Å². The zero-order chi connectivity index (χ0) is 22.1. The van der Waals surface area contributed by atoms with Crippen LogP contribution in [0.15, 0.2) is 54.6 Å². The van der Waals surface area contributed by atoms with Crippen LogP contribution in [0, 0.1) is 5.92 Å². The highest BCUT2D eigenvalue weighted by atomic mass is 35.5. The van der Waals surface area contributed by atoms with Gasteiger partial charge >= 0.3 is 12.1 Å². The van der Waals surface area contributed by atoms with Crippen molar-refractivity contribution in [2.24, 2.45) is 5.92 Å². The van der Waals surface area contributed by atoms with Crippen molar-refractivity contribution in [1.82, 2.24) is 10.6 Å². The van der Waals surface area contributed by atoms with Crippen molar-refractivity contribution >= 4 is 29.6 Å². The second kappa shape index (κ2) is 11.2. The molecule has 8 heteroatoms. The number of nitrogens with one attached hydrogen (secondary N) is 2. The summed E-state index contributed by atoms with van der Waals surface area (Å²) in [6.45, 7) is 3.55. The van der Waals surface area contributed by atoms with Crippen molar-refractivity contribution in [1.29, 1.82) is 0 Å². The van der Waals surface area contributed by atoms with E-state index < -0.39 is 30.1 Å². The molecule has 0 fully saturated rings. The van der Waals surface area contributed by atoms with E-state index in [9.17, 15) is 19.5 Å². The van der Waals surface area contributed by atoms with Crippen LogP contribution in [-0.2, 0) is 27.4 Å². The number of benzene rings is 2. The summed E-state index contributed by atoms with van der Waals surface area (Å²) < 4.78 is 5.16. The topological polar surface area (TPSA) is 105 Å². The van der Waals surface area contributed by atoms with Gasteiger partial charge in [-0.1, -0.05) is 67.9 Å². The van der Waals surface area contributed by atoms with E-state index >= 15 is 0 Å². The molecule has 0 aliphatic carbocycles.